The van der Waals surface area contributed by atoms with Crippen molar-refractivity contribution in [2.24, 2.45) is 5.73 Å². The number of halogens is 1. The van der Waals surface area contributed by atoms with Crippen LogP contribution in [0.2, 0.25) is 5.02 Å². The van der Waals surface area contributed by atoms with Crippen LogP contribution in [0.4, 0.5) is 0 Å². The van der Waals surface area contributed by atoms with Crippen molar-refractivity contribution in [2.45, 2.75) is 25.0 Å². The van der Waals surface area contributed by atoms with E-state index in [0.717, 1.165) is 0 Å². The van der Waals surface area contributed by atoms with Crippen molar-refractivity contribution in [3.63, 3.8) is 0 Å². The summed E-state index contributed by atoms with van der Waals surface area (Å²) in [6, 6.07) is 0. The number of nitrogens with zero attached hydrogens (tertiary/aromatic N) is 2. The normalized spacial score (nSPS) is 14.6. The summed E-state index contributed by atoms with van der Waals surface area (Å²) >= 11 is 6.15. The quantitative estimate of drug-likeness (QED) is 0.702. The molecule has 3 N–H and O–H groups in total. The fourth-order valence-electron chi connectivity index (χ4n) is 2.06. The molecule has 1 unspecified atom stereocenters. The molecular weight excluding hydrogens is 270 g/mol. The van der Waals surface area contributed by atoms with Crippen LogP contribution in [-0.2, 0) is 21.6 Å². The molecule has 1 aromatic heterocycles. The van der Waals surface area contributed by atoms with E-state index in [4.69, 9.17) is 26.8 Å². The molecule has 0 amide bonds. The Kier molecular flexibility index (Phi) is 6.74. The number of aliphatic hydroxyl groups is 1. The van der Waals surface area contributed by atoms with Crippen molar-refractivity contribution >= 4 is 11.6 Å². The van der Waals surface area contributed by atoms with Crippen LogP contribution in [0, 0.1) is 0 Å². The lowest BCUT2D eigenvalue weighted by Crippen LogP contribution is -2.35. The van der Waals surface area contributed by atoms with Gasteiger partial charge in [0.1, 0.15) is 5.60 Å². The Bertz CT molecular complexity index is 386. The van der Waals surface area contributed by atoms with Gasteiger partial charge in [0.15, 0.2) is 0 Å². The van der Waals surface area contributed by atoms with Crippen LogP contribution in [0.3, 0.4) is 0 Å². The van der Waals surface area contributed by atoms with Crippen molar-refractivity contribution in [3.05, 3.63) is 16.9 Å². The van der Waals surface area contributed by atoms with Gasteiger partial charge in [-0.2, -0.15) is 5.10 Å². The van der Waals surface area contributed by atoms with E-state index in [1.165, 1.54) is 13.3 Å². The minimum Gasteiger partial charge on any atom is -0.383 e. The Morgan fingerprint density at radius 2 is 2.21 bits per heavy atom. The SMILES string of the molecule is COCCn1ncc(Cl)c1C(O)(CCCN)COC. The van der Waals surface area contributed by atoms with Crippen LogP contribution in [0.1, 0.15) is 18.5 Å². The van der Waals surface area contributed by atoms with Gasteiger partial charge < -0.3 is 20.3 Å². The number of hydrogen-bond acceptors (Lipinski definition) is 5. The smallest absolute Gasteiger partial charge is 0.131 e. The van der Waals surface area contributed by atoms with E-state index in [0.29, 0.717) is 43.3 Å². The second-order valence-electron chi connectivity index (χ2n) is 4.41. The van der Waals surface area contributed by atoms with Crippen LogP contribution in [-0.4, -0.2) is 48.9 Å². The van der Waals surface area contributed by atoms with Crippen LogP contribution in [0.15, 0.2) is 6.20 Å². The number of nitrogens with two attached hydrogens (primary N) is 1. The second kappa shape index (κ2) is 7.81. The molecule has 19 heavy (non-hydrogen) atoms. The molecule has 0 aliphatic rings. The maximum Gasteiger partial charge on any atom is 0.131 e. The largest absolute Gasteiger partial charge is 0.383 e. The lowest BCUT2D eigenvalue weighted by atomic mass is 9.94. The lowest BCUT2D eigenvalue weighted by molar-refractivity contribution is -0.0495. The molecule has 0 aliphatic carbocycles. The molecule has 0 aliphatic heterocycles. The van der Waals surface area contributed by atoms with E-state index in [2.05, 4.69) is 5.10 Å². The van der Waals surface area contributed by atoms with E-state index in [1.807, 2.05) is 0 Å². The third-order valence-electron chi connectivity index (χ3n) is 2.92. The molecule has 1 rings (SSSR count). The van der Waals surface area contributed by atoms with Crippen molar-refractivity contribution in [1.29, 1.82) is 0 Å². The first kappa shape index (κ1) is 16.4. The minimum atomic E-state index is -1.19. The van der Waals surface area contributed by atoms with Gasteiger partial charge in [-0.15, -0.1) is 0 Å². The average molecular weight is 292 g/mol. The van der Waals surface area contributed by atoms with Crippen LogP contribution in [0.25, 0.3) is 0 Å². The highest BCUT2D eigenvalue weighted by atomic mass is 35.5. The Morgan fingerprint density at radius 3 is 2.79 bits per heavy atom. The summed E-state index contributed by atoms with van der Waals surface area (Å²) in [5, 5.41) is 15.4. The maximum atomic E-state index is 10.8. The minimum absolute atomic E-state index is 0.144. The van der Waals surface area contributed by atoms with Crippen LogP contribution >= 0.6 is 11.6 Å². The molecule has 0 saturated heterocycles. The summed E-state index contributed by atoms with van der Waals surface area (Å²) in [6.07, 6.45) is 2.66. The van der Waals surface area contributed by atoms with Gasteiger partial charge >= 0.3 is 0 Å². The Balaban J connectivity index is 3.02. The molecule has 6 nitrogen and oxygen atoms in total. The van der Waals surface area contributed by atoms with Crippen molar-refractivity contribution in [1.82, 2.24) is 9.78 Å². The molecule has 110 valence electrons. The maximum absolute atomic E-state index is 10.8. The number of aromatic nitrogens is 2. The van der Waals surface area contributed by atoms with Gasteiger partial charge in [0.05, 0.1) is 36.7 Å². The molecule has 0 bridgehead atoms. The van der Waals surface area contributed by atoms with Crippen molar-refractivity contribution in [3.8, 4) is 0 Å². The van der Waals surface area contributed by atoms with E-state index in [1.54, 1.807) is 11.8 Å². The fourth-order valence-corrected chi connectivity index (χ4v) is 2.38. The molecular formula is C12H22ClN3O3. The fraction of sp³-hybridized carbons (Fsp3) is 0.750. The molecule has 0 saturated carbocycles. The van der Waals surface area contributed by atoms with Gasteiger partial charge in [-0.1, -0.05) is 11.6 Å². The third-order valence-corrected chi connectivity index (χ3v) is 3.20. The van der Waals surface area contributed by atoms with Gasteiger partial charge in [0.25, 0.3) is 0 Å². The number of methoxy groups -OCH3 is 2. The topological polar surface area (TPSA) is 82.5 Å². The molecule has 1 aromatic rings. The van der Waals surface area contributed by atoms with E-state index in [-0.39, 0.29) is 6.61 Å². The van der Waals surface area contributed by atoms with Gasteiger partial charge in [0.2, 0.25) is 0 Å². The Labute approximate surface area is 118 Å². The Morgan fingerprint density at radius 1 is 1.47 bits per heavy atom. The first-order valence-electron chi connectivity index (χ1n) is 6.21. The first-order chi connectivity index (χ1) is 9.09. The third kappa shape index (κ3) is 4.15. The summed E-state index contributed by atoms with van der Waals surface area (Å²) in [7, 11) is 3.15. The average Bonchev–Trinajstić information content (AvgIpc) is 2.76. The van der Waals surface area contributed by atoms with Gasteiger partial charge in [-0.25, -0.2) is 0 Å². The predicted molar refractivity (Wildman–Crippen MR) is 73.2 cm³/mol. The standard InChI is InChI=1S/C12H22ClN3O3/c1-18-7-6-16-11(10(13)8-15-16)12(17,9-19-2)4-3-5-14/h8,17H,3-7,9,14H2,1-2H3. The summed E-state index contributed by atoms with van der Waals surface area (Å²) in [5.74, 6) is 0. The molecule has 0 radical (unpaired) electrons. The molecule has 0 aromatic carbocycles. The van der Waals surface area contributed by atoms with Crippen LogP contribution < -0.4 is 5.73 Å². The molecule has 7 heteroatoms. The first-order valence-corrected chi connectivity index (χ1v) is 6.59. The van der Waals surface area contributed by atoms with Gasteiger partial charge in [0, 0.05) is 14.2 Å². The number of hydrogen-bond donors (Lipinski definition) is 2. The number of ether oxygens (including phenoxy) is 2. The van der Waals surface area contributed by atoms with Crippen molar-refractivity contribution < 1.29 is 14.6 Å². The number of rotatable bonds is 9. The van der Waals surface area contributed by atoms with Crippen LogP contribution in [0.5, 0.6) is 0 Å². The van der Waals surface area contributed by atoms with Gasteiger partial charge in [-0.3, -0.25) is 4.68 Å². The van der Waals surface area contributed by atoms with E-state index >= 15 is 0 Å². The molecule has 1 atom stereocenters. The van der Waals surface area contributed by atoms with E-state index in [9.17, 15) is 5.11 Å². The monoisotopic (exact) mass is 291 g/mol. The summed E-state index contributed by atoms with van der Waals surface area (Å²) in [4.78, 5) is 0. The van der Waals surface area contributed by atoms with Gasteiger partial charge in [-0.05, 0) is 19.4 Å². The lowest BCUT2D eigenvalue weighted by Gasteiger charge is -2.28. The predicted octanol–water partition coefficient (Wildman–Crippen LogP) is 0.756. The highest BCUT2D eigenvalue weighted by molar-refractivity contribution is 6.31. The highest BCUT2D eigenvalue weighted by Crippen LogP contribution is 2.32. The summed E-state index contributed by atoms with van der Waals surface area (Å²) in [6.45, 7) is 1.65. The van der Waals surface area contributed by atoms with E-state index < -0.39 is 5.60 Å². The summed E-state index contributed by atoms with van der Waals surface area (Å²) in [5.41, 5.74) is 4.89. The zero-order chi connectivity index (χ0) is 14.3. The Hall–Kier alpha value is -0.660. The highest BCUT2D eigenvalue weighted by Gasteiger charge is 2.35. The molecule has 0 spiro atoms. The molecule has 0 fully saturated rings. The zero-order valence-corrected chi connectivity index (χ0v) is 12.2. The zero-order valence-electron chi connectivity index (χ0n) is 11.4. The summed E-state index contributed by atoms with van der Waals surface area (Å²) < 4.78 is 11.8. The van der Waals surface area contributed by atoms with Crippen molar-refractivity contribution in [2.75, 3.05) is 34.0 Å². The molecule has 1 heterocycles. The second-order valence-corrected chi connectivity index (χ2v) is 4.82.